The maximum Gasteiger partial charge on any atom is 0.307 e. The van der Waals surface area contributed by atoms with Crippen molar-refractivity contribution >= 4 is 11.7 Å². The number of carbonyl (C=O) groups is 1. The van der Waals surface area contributed by atoms with E-state index in [1.54, 1.807) is 0 Å². The van der Waals surface area contributed by atoms with Gasteiger partial charge in [0.05, 0.1) is 6.42 Å². The molecule has 1 heterocycles. The Morgan fingerprint density at radius 3 is 2.33 bits per heavy atom. The highest BCUT2D eigenvalue weighted by Crippen LogP contribution is 2.17. The zero-order valence-electron chi connectivity index (χ0n) is 18.0. The lowest BCUT2D eigenvalue weighted by atomic mass is 10.1. The second kappa shape index (κ2) is 11.5. The number of esters is 1. The van der Waals surface area contributed by atoms with Crippen molar-refractivity contribution in [3.8, 4) is 0 Å². The van der Waals surface area contributed by atoms with Crippen LogP contribution >= 0.6 is 0 Å². The average molecular weight is 408 g/mol. The van der Waals surface area contributed by atoms with Gasteiger partial charge in [0.15, 0.2) is 0 Å². The van der Waals surface area contributed by atoms with Crippen molar-refractivity contribution in [2.45, 2.75) is 19.1 Å². The zero-order valence-corrected chi connectivity index (χ0v) is 18.0. The van der Waals surface area contributed by atoms with Crippen molar-refractivity contribution in [2.75, 3.05) is 51.2 Å². The Morgan fingerprint density at radius 1 is 1.07 bits per heavy atom. The molecule has 0 saturated carbocycles. The largest absolute Gasteiger partial charge is 0.461 e. The molecule has 5 heteroatoms. The van der Waals surface area contributed by atoms with E-state index in [-0.39, 0.29) is 12.0 Å². The average Bonchev–Trinajstić information content (AvgIpc) is 2.79. The Hall–Kier alpha value is -2.63. The van der Waals surface area contributed by atoms with Crippen LogP contribution in [0.1, 0.15) is 12.0 Å². The van der Waals surface area contributed by atoms with E-state index < -0.39 is 0 Å². The summed E-state index contributed by atoms with van der Waals surface area (Å²) in [7, 11) is 2.05. The third kappa shape index (κ3) is 6.71. The molecule has 2 aromatic rings. The Balaban J connectivity index is 1.51. The maximum absolute atomic E-state index is 12.5. The minimum atomic E-state index is -0.150. The van der Waals surface area contributed by atoms with Crippen LogP contribution in [0, 0.1) is 0 Å². The molecule has 0 aliphatic carbocycles. The summed E-state index contributed by atoms with van der Waals surface area (Å²) in [4.78, 5) is 19.6. The molecule has 1 atom stereocenters. The molecular weight excluding hydrogens is 374 g/mol. The van der Waals surface area contributed by atoms with Crippen LogP contribution in [0.15, 0.2) is 73.3 Å². The Morgan fingerprint density at radius 2 is 1.70 bits per heavy atom. The minimum absolute atomic E-state index is 0.106. The van der Waals surface area contributed by atoms with Gasteiger partial charge in [0.1, 0.15) is 6.61 Å². The minimum Gasteiger partial charge on any atom is -0.461 e. The van der Waals surface area contributed by atoms with E-state index in [9.17, 15) is 4.79 Å². The molecule has 1 fully saturated rings. The van der Waals surface area contributed by atoms with Gasteiger partial charge in [0.2, 0.25) is 0 Å². The van der Waals surface area contributed by atoms with Crippen molar-refractivity contribution < 1.29 is 9.53 Å². The number of ether oxygens (including phenoxy) is 1. The summed E-state index contributed by atoms with van der Waals surface area (Å²) in [6, 6.07) is 20.5. The lowest BCUT2D eigenvalue weighted by Gasteiger charge is -2.39. The predicted octanol–water partition coefficient (Wildman–Crippen LogP) is 3.43. The topological polar surface area (TPSA) is 36.0 Å². The van der Waals surface area contributed by atoms with Crippen molar-refractivity contribution in [1.82, 2.24) is 9.80 Å². The molecule has 160 valence electrons. The predicted molar refractivity (Wildman–Crippen MR) is 123 cm³/mol. The van der Waals surface area contributed by atoms with Crippen LogP contribution in [-0.2, 0) is 16.1 Å². The molecule has 0 radical (unpaired) electrons. The number of rotatable bonds is 10. The van der Waals surface area contributed by atoms with Gasteiger partial charge in [-0.25, -0.2) is 0 Å². The number of likely N-dealkylation sites (N-methyl/N-ethyl adjacent to an activating group) is 1. The van der Waals surface area contributed by atoms with E-state index in [4.69, 9.17) is 4.74 Å². The van der Waals surface area contributed by atoms with Crippen molar-refractivity contribution in [3.05, 3.63) is 78.9 Å². The van der Waals surface area contributed by atoms with Gasteiger partial charge in [0.25, 0.3) is 0 Å². The number of hydrogen-bond acceptors (Lipinski definition) is 5. The Labute approximate surface area is 180 Å². The number of carbonyl (C=O) groups excluding carboxylic acids is 1. The van der Waals surface area contributed by atoms with Crippen LogP contribution < -0.4 is 4.90 Å². The standard InChI is InChI=1S/C25H33N3O2/c1-3-14-26(2)24(19-25(29)30-21-22-10-6-4-7-11-22)20-27-15-17-28(18-16-27)23-12-8-5-9-13-23/h3-13,24H,1,14-21H2,2H3. The van der Waals surface area contributed by atoms with E-state index in [1.165, 1.54) is 5.69 Å². The third-order valence-corrected chi connectivity index (χ3v) is 5.65. The van der Waals surface area contributed by atoms with Crippen LogP contribution in [0.4, 0.5) is 5.69 Å². The van der Waals surface area contributed by atoms with Gasteiger partial charge in [-0.2, -0.15) is 0 Å². The van der Waals surface area contributed by atoms with Gasteiger partial charge in [0, 0.05) is 51.0 Å². The molecule has 30 heavy (non-hydrogen) atoms. The maximum atomic E-state index is 12.5. The van der Waals surface area contributed by atoms with Gasteiger partial charge >= 0.3 is 5.97 Å². The van der Waals surface area contributed by atoms with Crippen LogP contribution in [0.25, 0.3) is 0 Å². The second-order valence-corrected chi connectivity index (χ2v) is 7.86. The van der Waals surface area contributed by atoms with Crippen molar-refractivity contribution in [3.63, 3.8) is 0 Å². The Bertz CT molecular complexity index is 773. The Kier molecular flexibility index (Phi) is 8.48. The summed E-state index contributed by atoms with van der Waals surface area (Å²) in [6.45, 7) is 9.77. The van der Waals surface area contributed by atoms with Gasteiger partial charge in [-0.05, 0) is 24.7 Å². The molecule has 0 N–H and O–H groups in total. The number of anilines is 1. The molecule has 1 aliphatic heterocycles. The first-order chi connectivity index (χ1) is 14.7. The third-order valence-electron chi connectivity index (χ3n) is 5.65. The summed E-state index contributed by atoms with van der Waals surface area (Å²) < 4.78 is 5.53. The molecule has 0 aromatic heterocycles. The molecule has 1 saturated heterocycles. The van der Waals surface area contributed by atoms with Gasteiger partial charge < -0.3 is 9.64 Å². The number of piperazine rings is 1. The van der Waals surface area contributed by atoms with E-state index in [1.807, 2.05) is 36.4 Å². The lowest BCUT2D eigenvalue weighted by molar-refractivity contribution is -0.146. The summed E-state index contributed by atoms with van der Waals surface area (Å²) in [5.41, 5.74) is 2.29. The first-order valence-corrected chi connectivity index (χ1v) is 10.7. The van der Waals surface area contributed by atoms with Crippen LogP contribution in [0.3, 0.4) is 0 Å². The number of para-hydroxylation sites is 1. The lowest BCUT2D eigenvalue weighted by Crippen LogP contribution is -2.51. The molecule has 2 aromatic carbocycles. The summed E-state index contributed by atoms with van der Waals surface area (Å²) >= 11 is 0. The van der Waals surface area contributed by atoms with Gasteiger partial charge in [-0.3, -0.25) is 14.6 Å². The van der Waals surface area contributed by atoms with Gasteiger partial charge in [-0.15, -0.1) is 6.58 Å². The highest BCUT2D eigenvalue weighted by Gasteiger charge is 2.24. The van der Waals surface area contributed by atoms with E-state index >= 15 is 0 Å². The number of benzene rings is 2. The first kappa shape index (κ1) is 22.1. The fourth-order valence-electron chi connectivity index (χ4n) is 3.83. The molecule has 0 bridgehead atoms. The monoisotopic (exact) mass is 407 g/mol. The fourth-order valence-corrected chi connectivity index (χ4v) is 3.83. The zero-order chi connectivity index (χ0) is 21.2. The normalized spacial score (nSPS) is 15.7. The summed E-state index contributed by atoms with van der Waals surface area (Å²) in [5.74, 6) is -0.150. The molecule has 1 unspecified atom stereocenters. The van der Waals surface area contributed by atoms with Crippen LogP contribution in [0.2, 0.25) is 0 Å². The van der Waals surface area contributed by atoms with E-state index in [0.717, 1.165) is 44.8 Å². The first-order valence-electron chi connectivity index (χ1n) is 10.7. The van der Waals surface area contributed by atoms with Crippen LogP contribution in [0.5, 0.6) is 0 Å². The number of nitrogens with zero attached hydrogens (tertiary/aromatic N) is 3. The van der Waals surface area contributed by atoms with Crippen LogP contribution in [-0.4, -0.2) is 68.1 Å². The van der Waals surface area contributed by atoms with E-state index in [2.05, 4.69) is 58.7 Å². The fraction of sp³-hybridized carbons (Fsp3) is 0.400. The molecule has 0 amide bonds. The highest BCUT2D eigenvalue weighted by atomic mass is 16.5. The molecular formula is C25H33N3O2. The summed E-state index contributed by atoms with van der Waals surface area (Å²) in [5, 5.41) is 0. The number of hydrogen-bond donors (Lipinski definition) is 0. The molecule has 1 aliphatic rings. The highest BCUT2D eigenvalue weighted by molar-refractivity contribution is 5.70. The second-order valence-electron chi connectivity index (χ2n) is 7.86. The molecule has 3 rings (SSSR count). The quantitative estimate of drug-likeness (QED) is 0.445. The molecule has 5 nitrogen and oxygen atoms in total. The van der Waals surface area contributed by atoms with Gasteiger partial charge in [-0.1, -0.05) is 54.6 Å². The van der Waals surface area contributed by atoms with Crippen molar-refractivity contribution in [2.24, 2.45) is 0 Å². The van der Waals surface area contributed by atoms with Crippen molar-refractivity contribution in [1.29, 1.82) is 0 Å². The smallest absolute Gasteiger partial charge is 0.307 e. The molecule has 0 spiro atoms. The van der Waals surface area contributed by atoms with E-state index in [0.29, 0.717) is 13.0 Å². The SMILES string of the molecule is C=CCN(C)C(CC(=O)OCc1ccccc1)CN1CCN(c2ccccc2)CC1. The summed E-state index contributed by atoms with van der Waals surface area (Å²) in [6.07, 6.45) is 2.27.